The number of para-hydroxylation sites is 1. The molecule has 1 aliphatic heterocycles. The van der Waals surface area contributed by atoms with Gasteiger partial charge >= 0.3 is 0 Å². The molecule has 1 aliphatic rings. The molecular formula is C15H10FN3O. The molecule has 0 aromatic heterocycles. The molecule has 0 radical (unpaired) electrons. The molecular weight excluding hydrogens is 257 g/mol. The minimum Gasteiger partial charge on any atom is -0.328 e. The first-order valence-electron chi connectivity index (χ1n) is 6.05. The Morgan fingerprint density at radius 1 is 1.20 bits per heavy atom. The van der Waals surface area contributed by atoms with Crippen LogP contribution in [-0.4, -0.2) is 12.5 Å². The molecule has 0 spiro atoms. The number of halogens is 1. The first-order chi connectivity index (χ1) is 9.69. The lowest BCUT2D eigenvalue weighted by atomic mass is 10.1. The van der Waals surface area contributed by atoms with Crippen molar-refractivity contribution in [2.45, 2.75) is 0 Å². The maximum absolute atomic E-state index is 13.9. The number of amides is 1. The van der Waals surface area contributed by atoms with Crippen LogP contribution in [0.15, 0.2) is 42.5 Å². The number of rotatable bonds is 1. The molecule has 0 atom stereocenters. The molecule has 1 amide bonds. The SMILES string of the molecule is N#Cc1ccc2c(c1)NC(=O)CN2c1ccccc1F. The molecule has 0 bridgehead atoms. The van der Waals surface area contributed by atoms with Gasteiger partial charge in [-0.1, -0.05) is 12.1 Å². The summed E-state index contributed by atoms with van der Waals surface area (Å²) in [4.78, 5) is 13.4. The average molecular weight is 267 g/mol. The summed E-state index contributed by atoms with van der Waals surface area (Å²) in [6, 6.07) is 13.2. The van der Waals surface area contributed by atoms with Crippen LogP contribution in [0.1, 0.15) is 5.56 Å². The van der Waals surface area contributed by atoms with E-state index in [1.54, 1.807) is 41.3 Å². The number of carbonyl (C=O) groups is 1. The molecule has 0 aliphatic carbocycles. The van der Waals surface area contributed by atoms with Crippen molar-refractivity contribution >= 4 is 23.0 Å². The Bertz CT molecular complexity index is 736. The van der Waals surface area contributed by atoms with Crippen LogP contribution < -0.4 is 10.2 Å². The van der Waals surface area contributed by atoms with Gasteiger partial charge in [-0.15, -0.1) is 0 Å². The third kappa shape index (κ3) is 1.97. The van der Waals surface area contributed by atoms with Gasteiger partial charge in [0, 0.05) is 0 Å². The van der Waals surface area contributed by atoms with E-state index in [-0.39, 0.29) is 12.5 Å². The highest BCUT2D eigenvalue weighted by molar-refractivity contribution is 6.03. The number of carbonyl (C=O) groups excluding carboxylic acids is 1. The summed E-state index contributed by atoms with van der Waals surface area (Å²) >= 11 is 0. The molecule has 1 N–H and O–H groups in total. The van der Waals surface area contributed by atoms with Gasteiger partial charge in [0.05, 0.1) is 28.7 Å². The first kappa shape index (κ1) is 12.2. The fourth-order valence-corrected chi connectivity index (χ4v) is 2.25. The molecule has 2 aromatic carbocycles. The topological polar surface area (TPSA) is 56.1 Å². The lowest BCUT2D eigenvalue weighted by Crippen LogP contribution is -2.35. The fraction of sp³-hybridized carbons (Fsp3) is 0.0667. The predicted octanol–water partition coefficient (Wildman–Crippen LogP) is 2.79. The summed E-state index contributed by atoms with van der Waals surface area (Å²) < 4.78 is 13.9. The van der Waals surface area contributed by atoms with E-state index in [9.17, 15) is 9.18 Å². The molecule has 5 heteroatoms. The van der Waals surface area contributed by atoms with E-state index in [0.29, 0.717) is 22.6 Å². The normalized spacial score (nSPS) is 13.4. The summed E-state index contributed by atoms with van der Waals surface area (Å²) in [7, 11) is 0. The molecule has 0 saturated carbocycles. The zero-order chi connectivity index (χ0) is 14.1. The van der Waals surface area contributed by atoms with E-state index in [0.717, 1.165) is 0 Å². The van der Waals surface area contributed by atoms with Gasteiger partial charge in [-0.3, -0.25) is 4.79 Å². The van der Waals surface area contributed by atoms with Crippen LogP contribution in [0.2, 0.25) is 0 Å². The highest BCUT2D eigenvalue weighted by atomic mass is 19.1. The number of hydrogen-bond donors (Lipinski definition) is 1. The van der Waals surface area contributed by atoms with Crippen molar-refractivity contribution in [2.24, 2.45) is 0 Å². The Kier molecular flexibility index (Phi) is 2.84. The van der Waals surface area contributed by atoms with Gasteiger partial charge in [0.2, 0.25) is 5.91 Å². The zero-order valence-electron chi connectivity index (χ0n) is 10.4. The van der Waals surface area contributed by atoms with E-state index < -0.39 is 5.82 Å². The maximum Gasteiger partial charge on any atom is 0.244 e. The van der Waals surface area contributed by atoms with E-state index in [2.05, 4.69) is 5.32 Å². The van der Waals surface area contributed by atoms with E-state index in [1.165, 1.54) is 6.07 Å². The van der Waals surface area contributed by atoms with Crippen molar-refractivity contribution in [2.75, 3.05) is 16.8 Å². The molecule has 0 unspecified atom stereocenters. The monoisotopic (exact) mass is 267 g/mol. The quantitative estimate of drug-likeness (QED) is 0.864. The van der Waals surface area contributed by atoms with Crippen LogP contribution in [0.25, 0.3) is 0 Å². The van der Waals surface area contributed by atoms with Gasteiger partial charge < -0.3 is 10.2 Å². The standard InChI is InChI=1S/C15H10FN3O/c16-11-3-1-2-4-13(11)19-9-15(20)18-12-7-10(8-17)5-6-14(12)19/h1-7H,9H2,(H,18,20). The number of benzene rings is 2. The highest BCUT2D eigenvalue weighted by Crippen LogP contribution is 2.36. The Balaban J connectivity index is 2.14. The average Bonchev–Trinajstić information content (AvgIpc) is 2.46. The second kappa shape index (κ2) is 4.67. The number of nitrogens with one attached hydrogen (secondary N) is 1. The van der Waals surface area contributed by atoms with E-state index >= 15 is 0 Å². The molecule has 1 heterocycles. The molecule has 0 fully saturated rings. The summed E-state index contributed by atoms with van der Waals surface area (Å²) in [5.74, 6) is -0.631. The smallest absolute Gasteiger partial charge is 0.244 e. The Morgan fingerprint density at radius 2 is 2.00 bits per heavy atom. The van der Waals surface area contributed by atoms with Gasteiger partial charge in [0.25, 0.3) is 0 Å². The van der Waals surface area contributed by atoms with Crippen LogP contribution in [0.4, 0.5) is 21.5 Å². The third-order valence-electron chi connectivity index (χ3n) is 3.14. The predicted molar refractivity (Wildman–Crippen MR) is 73.2 cm³/mol. The van der Waals surface area contributed by atoms with Crippen molar-refractivity contribution in [1.29, 1.82) is 5.26 Å². The summed E-state index contributed by atoms with van der Waals surface area (Å²) in [6.45, 7) is 0.0415. The first-order valence-corrected chi connectivity index (χ1v) is 6.05. The van der Waals surface area contributed by atoms with Crippen molar-refractivity contribution < 1.29 is 9.18 Å². The Morgan fingerprint density at radius 3 is 2.75 bits per heavy atom. The molecule has 4 nitrogen and oxygen atoms in total. The fourth-order valence-electron chi connectivity index (χ4n) is 2.25. The van der Waals surface area contributed by atoms with Gasteiger partial charge in [-0.25, -0.2) is 4.39 Å². The molecule has 2 aromatic rings. The lowest BCUT2D eigenvalue weighted by Gasteiger charge is -2.31. The van der Waals surface area contributed by atoms with Crippen LogP contribution in [-0.2, 0) is 4.79 Å². The van der Waals surface area contributed by atoms with Crippen molar-refractivity contribution in [3.8, 4) is 6.07 Å². The minimum atomic E-state index is -0.391. The van der Waals surface area contributed by atoms with Crippen molar-refractivity contribution in [1.82, 2.24) is 0 Å². The molecule has 98 valence electrons. The second-order valence-corrected chi connectivity index (χ2v) is 4.43. The Labute approximate surface area is 115 Å². The number of hydrogen-bond acceptors (Lipinski definition) is 3. The van der Waals surface area contributed by atoms with Crippen molar-refractivity contribution in [3.05, 3.63) is 53.8 Å². The van der Waals surface area contributed by atoms with Crippen LogP contribution in [0.3, 0.4) is 0 Å². The number of nitrogens with zero attached hydrogens (tertiary/aromatic N) is 2. The summed E-state index contributed by atoms with van der Waals surface area (Å²) in [5, 5.41) is 11.6. The van der Waals surface area contributed by atoms with Gasteiger partial charge in [0.1, 0.15) is 12.4 Å². The van der Waals surface area contributed by atoms with E-state index in [1.807, 2.05) is 6.07 Å². The molecule has 20 heavy (non-hydrogen) atoms. The largest absolute Gasteiger partial charge is 0.328 e. The van der Waals surface area contributed by atoms with E-state index in [4.69, 9.17) is 5.26 Å². The highest BCUT2D eigenvalue weighted by Gasteiger charge is 2.25. The second-order valence-electron chi connectivity index (χ2n) is 4.43. The van der Waals surface area contributed by atoms with Gasteiger partial charge in [-0.2, -0.15) is 5.26 Å². The lowest BCUT2D eigenvalue weighted by molar-refractivity contribution is -0.115. The molecule has 3 rings (SSSR count). The Hall–Kier alpha value is -2.87. The maximum atomic E-state index is 13.9. The summed E-state index contributed by atoms with van der Waals surface area (Å²) in [6.07, 6.45) is 0. The number of anilines is 3. The van der Waals surface area contributed by atoms with Crippen LogP contribution in [0.5, 0.6) is 0 Å². The minimum absolute atomic E-state index is 0.0415. The van der Waals surface area contributed by atoms with Crippen LogP contribution >= 0.6 is 0 Å². The number of fused-ring (bicyclic) bond motifs is 1. The molecule has 0 saturated heterocycles. The van der Waals surface area contributed by atoms with Gasteiger partial charge in [-0.05, 0) is 30.3 Å². The zero-order valence-corrected chi connectivity index (χ0v) is 10.4. The van der Waals surface area contributed by atoms with Crippen molar-refractivity contribution in [3.63, 3.8) is 0 Å². The number of nitriles is 1. The van der Waals surface area contributed by atoms with Crippen LogP contribution in [0, 0.1) is 17.1 Å². The van der Waals surface area contributed by atoms with Gasteiger partial charge in [0.15, 0.2) is 0 Å². The summed E-state index contributed by atoms with van der Waals surface area (Å²) in [5.41, 5.74) is 1.98. The third-order valence-corrected chi connectivity index (χ3v) is 3.14.